The van der Waals surface area contributed by atoms with Gasteiger partial charge < -0.3 is 24.9 Å². The van der Waals surface area contributed by atoms with Gasteiger partial charge in [-0.15, -0.1) is 0 Å². The molecule has 1 saturated heterocycles. The molecule has 3 aliphatic rings. The predicted octanol–water partition coefficient (Wildman–Crippen LogP) is 1.12. The number of hydrogen-bond acceptors (Lipinski definition) is 9. The largest absolute Gasteiger partial charge is 0.469 e. The summed E-state index contributed by atoms with van der Waals surface area (Å²) in [6, 6.07) is -0.601. The number of urea groups is 1. The van der Waals surface area contributed by atoms with Crippen LogP contribution in [0.4, 0.5) is 10.6 Å². The third kappa shape index (κ3) is 4.49. The standard InChI is InChI=1S/C17H23N6O7PS/c24-10-5-12-23-15-13(21-17(23)32-6-11(10)29-12)14(18-7-19-15)22-16(25)20-8-1-3-9(4-2-8)30-31(26,27)28/h7-12,24H,1-6H2,(H2,26,27,28)(H2,18,19,20,22,25)/t8?,9?,10-,11+,12+/m0/s1. The Labute approximate surface area is 186 Å². The maximum absolute atomic E-state index is 12.6. The fourth-order valence-corrected chi connectivity index (χ4v) is 6.07. The second kappa shape index (κ2) is 8.52. The molecule has 5 rings (SSSR count). The molecule has 0 unspecified atom stereocenters. The molecule has 2 aromatic rings. The van der Waals surface area contributed by atoms with E-state index in [2.05, 4.69) is 25.6 Å². The third-order valence-electron chi connectivity index (χ3n) is 5.84. The van der Waals surface area contributed by atoms with Crippen molar-refractivity contribution in [3.8, 4) is 0 Å². The minimum absolute atomic E-state index is 0.150. The number of phosphoric acid groups is 1. The number of rotatable bonds is 4. The molecule has 13 nitrogen and oxygen atoms in total. The number of aliphatic hydroxyl groups is 1. The molecule has 5 N–H and O–H groups in total. The molecular formula is C17H23N6O7PS. The molecule has 2 aromatic heterocycles. The van der Waals surface area contributed by atoms with Gasteiger partial charge in [0.1, 0.15) is 12.6 Å². The molecule has 0 radical (unpaired) electrons. The highest BCUT2D eigenvalue weighted by molar-refractivity contribution is 7.99. The lowest BCUT2D eigenvalue weighted by Crippen LogP contribution is -2.41. The van der Waals surface area contributed by atoms with Gasteiger partial charge in [-0.25, -0.2) is 24.3 Å². The lowest BCUT2D eigenvalue weighted by Gasteiger charge is -2.28. The molecule has 174 valence electrons. The fourth-order valence-electron chi connectivity index (χ4n) is 4.36. The third-order valence-corrected chi connectivity index (χ3v) is 7.46. The Kier molecular flexibility index (Phi) is 5.86. The second-order valence-corrected chi connectivity index (χ2v) is 10.2. The van der Waals surface area contributed by atoms with E-state index in [0.29, 0.717) is 54.2 Å². The van der Waals surface area contributed by atoms with E-state index in [0.717, 1.165) is 0 Å². The summed E-state index contributed by atoms with van der Waals surface area (Å²) < 4.78 is 23.5. The molecule has 15 heteroatoms. The topological polar surface area (TPSA) is 181 Å². The van der Waals surface area contributed by atoms with Crippen LogP contribution < -0.4 is 10.6 Å². The number of anilines is 1. The molecular weight excluding hydrogens is 463 g/mol. The zero-order valence-electron chi connectivity index (χ0n) is 16.8. The Bertz CT molecular complexity index is 1070. The number of carbonyl (C=O) groups excluding carboxylic acids is 1. The SMILES string of the molecule is O=C(Nc1ncnc2c1nc1n2[C@H]2C[C@H](O)[C@@H](CS1)O2)NC1CCC(OP(=O)(O)O)CC1. The summed E-state index contributed by atoms with van der Waals surface area (Å²) in [5.74, 6) is 0.841. The molecule has 4 heterocycles. The van der Waals surface area contributed by atoms with Crippen molar-refractivity contribution in [3.63, 3.8) is 0 Å². The number of aromatic nitrogens is 4. The van der Waals surface area contributed by atoms with Gasteiger partial charge in [-0.05, 0) is 25.7 Å². The van der Waals surface area contributed by atoms with E-state index in [1.165, 1.54) is 18.1 Å². The van der Waals surface area contributed by atoms with E-state index in [-0.39, 0.29) is 24.2 Å². The van der Waals surface area contributed by atoms with Gasteiger partial charge in [-0.3, -0.25) is 14.4 Å². The first-order valence-corrected chi connectivity index (χ1v) is 12.8. The number of ether oxygens (including phenoxy) is 1. The average molecular weight is 486 g/mol. The fraction of sp³-hybridized carbons (Fsp3) is 0.647. The van der Waals surface area contributed by atoms with Gasteiger partial charge in [0.2, 0.25) is 0 Å². The molecule has 1 saturated carbocycles. The second-order valence-electron chi connectivity index (χ2n) is 8.07. The first-order chi connectivity index (χ1) is 15.3. The Morgan fingerprint density at radius 1 is 1.28 bits per heavy atom. The normalized spacial score (nSPS) is 30.0. The molecule has 2 aliphatic heterocycles. The quantitative estimate of drug-likeness (QED) is 0.391. The summed E-state index contributed by atoms with van der Waals surface area (Å²) in [6.07, 6.45) is 2.07. The first kappa shape index (κ1) is 22.0. The Hall–Kier alpha value is -1.80. The number of nitrogens with one attached hydrogen (secondary N) is 2. The van der Waals surface area contributed by atoms with Crippen molar-refractivity contribution in [3.05, 3.63) is 6.33 Å². The van der Waals surface area contributed by atoms with Crippen LogP contribution in [0.15, 0.2) is 11.5 Å². The molecule has 32 heavy (non-hydrogen) atoms. The Morgan fingerprint density at radius 3 is 2.81 bits per heavy atom. The number of phosphoric ester groups is 1. The molecule has 2 amide bonds. The van der Waals surface area contributed by atoms with Crippen molar-refractivity contribution >= 4 is 42.6 Å². The lowest BCUT2D eigenvalue weighted by molar-refractivity contribution is -0.00426. The van der Waals surface area contributed by atoms with Crippen LogP contribution in [0.25, 0.3) is 11.2 Å². The summed E-state index contributed by atoms with van der Waals surface area (Å²) in [4.78, 5) is 43.5. The van der Waals surface area contributed by atoms with Crippen LogP contribution in [0, 0.1) is 0 Å². The van der Waals surface area contributed by atoms with Crippen LogP contribution >= 0.6 is 19.6 Å². The van der Waals surface area contributed by atoms with Crippen LogP contribution in [-0.4, -0.2) is 70.6 Å². The Morgan fingerprint density at radius 2 is 2.06 bits per heavy atom. The number of carbonyl (C=O) groups is 1. The van der Waals surface area contributed by atoms with Crippen molar-refractivity contribution in [1.82, 2.24) is 24.8 Å². The van der Waals surface area contributed by atoms with Gasteiger partial charge in [0.05, 0.1) is 18.3 Å². The number of amides is 2. The van der Waals surface area contributed by atoms with E-state index in [9.17, 15) is 14.5 Å². The van der Waals surface area contributed by atoms with Gasteiger partial charge in [-0.2, -0.15) is 0 Å². The van der Waals surface area contributed by atoms with Gasteiger partial charge >= 0.3 is 13.9 Å². The summed E-state index contributed by atoms with van der Waals surface area (Å²) >= 11 is 1.47. The first-order valence-electron chi connectivity index (χ1n) is 10.3. The number of nitrogens with zero attached hydrogens (tertiary/aromatic N) is 4. The van der Waals surface area contributed by atoms with Crippen LogP contribution in [0.2, 0.25) is 0 Å². The van der Waals surface area contributed by atoms with Crippen LogP contribution in [-0.2, 0) is 13.8 Å². The molecule has 0 spiro atoms. The van der Waals surface area contributed by atoms with Crippen LogP contribution in [0.1, 0.15) is 38.3 Å². The Balaban J connectivity index is 1.26. The summed E-state index contributed by atoms with van der Waals surface area (Å²) in [5, 5.41) is 16.4. The number of thioether (sulfide) groups is 1. The highest BCUT2D eigenvalue weighted by Crippen LogP contribution is 2.42. The van der Waals surface area contributed by atoms with Crippen molar-refractivity contribution in [2.45, 2.75) is 67.8 Å². The van der Waals surface area contributed by atoms with Gasteiger partial charge in [-0.1, -0.05) is 11.8 Å². The maximum atomic E-state index is 12.6. The van der Waals surface area contributed by atoms with E-state index >= 15 is 0 Å². The monoisotopic (exact) mass is 486 g/mol. The predicted molar refractivity (Wildman–Crippen MR) is 112 cm³/mol. The average Bonchev–Trinajstić information content (AvgIpc) is 3.21. The molecule has 2 fully saturated rings. The highest BCUT2D eigenvalue weighted by atomic mass is 32.2. The molecule has 1 aliphatic carbocycles. The highest BCUT2D eigenvalue weighted by Gasteiger charge is 2.40. The summed E-state index contributed by atoms with van der Waals surface area (Å²) in [7, 11) is -4.51. The molecule has 3 atom stereocenters. The smallest absolute Gasteiger partial charge is 0.390 e. The number of fused-ring (bicyclic) bond motifs is 6. The number of hydrogen-bond donors (Lipinski definition) is 5. The van der Waals surface area contributed by atoms with Gasteiger partial charge in [0.25, 0.3) is 0 Å². The van der Waals surface area contributed by atoms with E-state index in [1.807, 2.05) is 4.57 Å². The van der Waals surface area contributed by atoms with Crippen LogP contribution in [0.3, 0.4) is 0 Å². The van der Waals surface area contributed by atoms with E-state index < -0.39 is 26.1 Å². The minimum atomic E-state index is -4.51. The van der Waals surface area contributed by atoms with Crippen molar-refractivity contribution < 1.29 is 33.5 Å². The van der Waals surface area contributed by atoms with E-state index in [4.69, 9.17) is 19.0 Å². The maximum Gasteiger partial charge on any atom is 0.469 e. The van der Waals surface area contributed by atoms with Crippen molar-refractivity contribution in [2.75, 3.05) is 11.1 Å². The number of imidazole rings is 1. The van der Waals surface area contributed by atoms with Gasteiger partial charge in [0.15, 0.2) is 22.1 Å². The summed E-state index contributed by atoms with van der Waals surface area (Å²) in [5.41, 5.74) is 0.958. The van der Waals surface area contributed by atoms with Crippen molar-refractivity contribution in [1.29, 1.82) is 0 Å². The molecule has 2 bridgehead atoms. The summed E-state index contributed by atoms with van der Waals surface area (Å²) in [6.45, 7) is 0. The number of aliphatic hydroxyl groups excluding tert-OH is 1. The van der Waals surface area contributed by atoms with Crippen LogP contribution in [0.5, 0.6) is 0 Å². The van der Waals surface area contributed by atoms with E-state index in [1.54, 1.807) is 0 Å². The van der Waals surface area contributed by atoms with Crippen molar-refractivity contribution in [2.24, 2.45) is 0 Å². The zero-order valence-corrected chi connectivity index (χ0v) is 18.5. The van der Waals surface area contributed by atoms with Gasteiger partial charge in [0, 0.05) is 18.2 Å². The minimum Gasteiger partial charge on any atom is -0.390 e. The lowest BCUT2D eigenvalue weighted by atomic mass is 9.93. The zero-order chi connectivity index (χ0) is 22.5. The molecule has 0 aromatic carbocycles.